The monoisotopic (exact) mass is 349 g/mol. The first-order chi connectivity index (χ1) is 11.9. The van der Waals surface area contributed by atoms with Crippen LogP contribution in [0.4, 0.5) is 8.78 Å². The Morgan fingerprint density at radius 1 is 1.52 bits per heavy atom. The quantitative estimate of drug-likeness (QED) is 0.773. The molecule has 133 valence electrons. The highest BCUT2D eigenvalue weighted by atomic mass is 19.3. The van der Waals surface area contributed by atoms with Crippen LogP contribution in [-0.2, 0) is 11.8 Å². The molecule has 1 aromatic carbocycles. The smallest absolute Gasteiger partial charge is 0.262 e. The molecule has 1 amide bonds. The molecule has 2 heterocycles. The molecule has 1 aliphatic rings. The summed E-state index contributed by atoms with van der Waals surface area (Å²) >= 11 is 0. The van der Waals surface area contributed by atoms with Gasteiger partial charge in [-0.25, -0.2) is 8.78 Å². The SMILES string of the molecule is Cn1cc(-c2c[c]cc(OCCNC(=O)[C@H]3CC(F)(F)CN3)c2)cn1. The van der Waals surface area contributed by atoms with E-state index in [1.165, 1.54) is 0 Å². The molecule has 0 aliphatic carbocycles. The maximum atomic E-state index is 13.1. The summed E-state index contributed by atoms with van der Waals surface area (Å²) in [4.78, 5) is 11.8. The molecule has 1 atom stereocenters. The second-order valence-electron chi connectivity index (χ2n) is 5.99. The molecule has 0 unspecified atom stereocenters. The molecule has 0 spiro atoms. The zero-order valence-electron chi connectivity index (χ0n) is 13.8. The molecule has 1 aliphatic heterocycles. The largest absolute Gasteiger partial charge is 0.492 e. The third kappa shape index (κ3) is 4.54. The van der Waals surface area contributed by atoms with Gasteiger partial charge in [-0.2, -0.15) is 5.10 Å². The van der Waals surface area contributed by atoms with Crippen LogP contribution in [0.2, 0.25) is 0 Å². The fourth-order valence-corrected chi connectivity index (χ4v) is 2.64. The highest BCUT2D eigenvalue weighted by Crippen LogP contribution is 2.25. The Morgan fingerprint density at radius 3 is 3.04 bits per heavy atom. The van der Waals surface area contributed by atoms with Crippen molar-refractivity contribution < 1.29 is 18.3 Å². The highest BCUT2D eigenvalue weighted by Gasteiger charge is 2.42. The van der Waals surface area contributed by atoms with Gasteiger partial charge in [0.2, 0.25) is 5.91 Å². The molecule has 0 bridgehead atoms. The number of halogens is 2. The first-order valence-corrected chi connectivity index (χ1v) is 7.95. The van der Waals surface area contributed by atoms with Crippen molar-refractivity contribution in [3.8, 4) is 16.9 Å². The Kier molecular flexibility index (Phi) is 4.98. The Hall–Kier alpha value is -2.48. The lowest BCUT2D eigenvalue weighted by atomic mass is 10.1. The lowest BCUT2D eigenvalue weighted by molar-refractivity contribution is -0.123. The van der Waals surface area contributed by atoms with E-state index in [0.29, 0.717) is 5.75 Å². The van der Waals surface area contributed by atoms with Gasteiger partial charge in [-0.3, -0.25) is 14.8 Å². The maximum absolute atomic E-state index is 13.1. The van der Waals surface area contributed by atoms with Gasteiger partial charge in [0.1, 0.15) is 12.4 Å². The van der Waals surface area contributed by atoms with Crippen LogP contribution in [0.1, 0.15) is 6.42 Å². The third-order valence-electron chi connectivity index (χ3n) is 3.90. The van der Waals surface area contributed by atoms with Gasteiger partial charge in [-0.15, -0.1) is 0 Å². The van der Waals surface area contributed by atoms with Crippen LogP contribution in [0.5, 0.6) is 5.75 Å². The molecule has 0 saturated carbocycles. The summed E-state index contributed by atoms with van der Waals surface area (Å²) in [6, 6.07) is 7.53. The maximum Gasteiger partial charge on any atom is 0.262 e. The van der Waals surface area contributed by atoms with E-state index in [1.807, 2.05) is 25.4 Å². The molecule has 8 heteroatoms. The summed E-state index contributed by atoms with van der Waals surface area (Å²) in [5.41, 5.74) is 1.87. The number of ether oxygens (including phenoxy) is 1. The zero-order chi connectivity index (χ0) is 17.9. The second-order valence-corrected chi connectivity index (χ2v) is 5.99. The van der Waals surface area contributed by atoms with Crippen LogP contribution in [0.3, 0.4) is 0 Å². The number of benzene rings is 1. The van der Waals surface area contributed by atoms with Gasteiger partial charge in [0, 0.05) is 25.2 Å². The van der Waals surface area contributed by atoms with E-state index in [-0.39, 0.29) is 13.2 Å². The number of nitrogens with zero attached hydrogens (tertiary/aromatic N) is 2. The van der Waals surface area contributed by atoms with Crippen LogP contribution < -0.4 is 15.4 Å². The standard InChI is InChI=1S/C17H19F2N4O2/c1-23-10-13(9-22-23)12-3-2-4-14(7-12)25-6-5-20-16(24)15-8-17(18,19)11-21-15/h3-4,7,9-10,15,21H,5-6,8,11H2,1H3,(H,20,24)/t15-/m1/s1. The van der Waals surface area contributed by atoms with Crippen molar-refractivity contribution in [2.75, 3.05) is 19.7 Å². The van der Waals surface area contributed by atoms with Gasteiger partial charge in [0.15, 0.2) is 0 Å². The minimum Gasteiger partial charge on any atom is -0.492 e. The fourth-order valence-electron chi connectivity index (χ4n) is 2.64. The van der Waals surface area contributed by atoms with E-state index >= 15 is 0 Å². The number of aryl methyl sites for hydroxylation is 1. The van der Waals surface area contributed by atoms with Gasteiger partial charge in [0.05, 0.1) is 25.3 Å². The van der Waals surface area contributed by atoms with Gasteiger partial charge >= 0.3 is 0 Å². The van der Waals surface area contributed by atoms with Gasteiger partial charge in [0.25, 0.3) is 5.92 Å². The first kappa shape index (κ1) is 17.3. The summed E-state index contributed by atoms with van der Waals surface area (Å²) in [7, 11) is 1.84. The average Bonchev–Trinajstić information content (AvgIpc) is 3.17. The topological polar surface area (TPSA) is 68.2 Å². The number of rotatable bonds is 6. The molecule has 3 rings (SSSR count). The Labute approximate surface area is 144 Å². The van der Waals surface area contributed by atoms with Crippen LogP contribution in [0, 0.1) is 6.07 Å². The van der Waals surface area contributed by atoms with Crippen LogP contribution in [0.15, 0.2) is 30.6 Å². The second kappa shape index (κ2) is 7.18. The van der Waals surface area contributed by atoms with Gasteiger partial charge in [-0.1, -0.05) is 0 Å². The number of carbonyl (C=O) groups is 1. The van der Waals surface area contributed by atoms with Crippen molar-refractivity contribution in [1.82, 2.24) is 20.4 Å². The van der Waals surface area contributed by atoms with Crippen LogP contribution >= 0.6 is 0 Å². The summed E-state index contributed by atoms with van der Waals surface area (Å²) in [6.07, 6.45) is 3.16. The molecule has 1 aromatic heterocycles. The fraction of sp³-hybridized carbons (Fsp3) is 0.412. The molecule has 1 radical (unpaired) electrons. The minimum absolute atomic E-state index is 0.235. The van der Waals surface area contributed by atoms with Gasteiger partial charge < -0.3 is 10.1 Å². The summed E-state index contributed by atoms with van der Waals surface area (Å²) in [5.74, 6) is -2.64. The van der Waals surface area contributed by atoms with E-state index in [4.69, 9.17) is 4.74 Å². The van der Waals surface area contributed by atoms with E-state index in [1.54, 1.807) is 16.9 Å². The Morgan fingerprint density at radius 2 is 2.36 bits per heavy atom. The average molecular weight is 349 g/mol. The molecule has 2 N–H and O–H groups in total. The molecular weight excluding hydrogens is 330 g/mol. The highest BCUT2D eigenvalue weighted by molar-refractivity contribution is 5.82. The van der Waals surface area contributed by atoms with Crippen molar-refractivity contribution in [1.29, 1.82) is 0 Å². The normalized spacial score (nSPS) is 18.9. The molecule has 25 heavy (non-hydrogen) atoms. The number of aromatic nitrogens is 2. The number of carbonyl (C=O) groups excluding carboxylic acids is 1. The molecule has 6 nitrogen and oxygen atoms in total. The number of alkyl halides is 2. The predicted octanol–water partition coefficient (Wildman–Crippen LogP) is 1.38. The third-order valence-corrected chi connectivity index (χ3v) is 3.90. The van der Waals surface area contributed by atoms with E-state index < -0.39 is 30.8 Å². The lowest BCUT2D eigenvalue weighted by Crippen LogP contribution is -2.41. The van der Waals surface area contributed by atoms with Crippen molar-refractivity contribution in [2.24, 2.45) is 7.05 Å². The van der Waals surface area contributed by atoms with Crippen molar-refractivity contribution >= 4 is 5.91 Å². The van der Waals surface area contributed by atoms with E-state index in [2.05, 4.69) is 21.8 Å². The van der Waals surface area contributed by atoms with Gasteiger partial charge in [-0.05, 0) is 29.8 Å². The first-order valence-electron chi connectivity index (χ1n) is 7.95. The van der Waals surface area contributed by atoms with E-state index in [0.717, 1.165) is 11.1 Å². The summed E-state index contributed by atoms with van der Waals surface area (Å²) < 4.78 is 33.4. The Balaban J connectivity index is 1.46. The summed E-state index contributed by atoms with van der Waals surface area (Å²) in [5, 5.41) is 9.24. The minimum atomic E-state index is -2.82. The molecule has 1 saturated heterocycles. The van der Waals surface area contributed by atoms with Crippen molar-refractivity contribution in [2.45, 2.75) is 18.4 Å². The lowest BCUT2D eigenvalue weighted by Gasteiger charge is -2.12. The number of hydrogen-bond donors (Lipinski definition) is 2. The number of hydrogen-bond acceptors (Lipinski definition) is 4. The summed E-state index contributed by atoms with van der Waals surface area (Å²) in [6.45, 7) is 0.0114. The van der Waals surface area contributed by atoms with Crippen LogP contribution in [-0.4, -0.2) is 47.3 Å². The Bertz CT molecular complexity index is 748. The molecule has 1 fully saturated rings. The molecule has 2 aromatic rings. The zero-order valence-corrected chi connectivity index (χ0v) is 13.8. The van der Waals surface area contributed by atoms with E-state index in [9.17, 15) is 13.6 Å². The molecular formula is C17H19F2N4O2. The van der Waals surface area contributed by atoms with Crippen molar-refractivity contribution in [3.05, 3.63) is 36.7 Å². The van der Waals surface area contributed by atoms with Crippen molar-refractivity contribution in [3.63, 3.8) is 0 Å². The predicted molar refractivity (Wildman–Crippen MR) is 87.3 cm³/mol. The number of amides is 1. The number of nitrogens with one attached hydrogen (secondary N) is 2. The van der Waals surface area contributed by atoms with Crippen LogP contribution in [0.25, 0.3) is 11.1 Å².